The molecule has 5 heteroatoms. The number of nitrogens with zero attached hydrogens (tertiary/aromatic N) is 2. The maximum absolute atomic E-state index is 8.44. The highest BCUT2D eigenvalue weighted by Gasteiger charge is 2.05. The summed E-state index contributed by atoms with van der Waals surface area (Å²) in [5.74, 6) is 0.242. The maximum atomic E-state index is 8.44. The first-order valence-electron chi connectivity index (χ1n) is 5.43. The van der Waals surface area contributed by atoms with Gasteiger partial charge in [0.1, 0.15) is 5.84 Å². The number of halogens is 1. The summed E-state index contributed by atoms with van der Waals surface area (Å²) < 4.78 is 0. The molecule has 0 saturated heterocycles. The Labute approximate surface area is 107 Å². The summed E-state index contributed by atoms with van der Waals surface area (Å²) in [6.45, 7) is 3.48. The first-order chi connectivity index (χ1) is 8.02. The predicted octanol–water partition coefficient (Wildman–Crippen LogP) is 2.22. The van der Waals surface area contributed by atoms with E-state index in [2.05, 4.69) is 10.1 Å². The fraction of sp³-hybridized carbons (Fsp3) is 0.417. The van der Waals surface area contributed by atoms with Crippen LogP contribution in [0.15, 0.2) is 23.4 Å². The normalized spacial score (nSPS) is 12.1. The highest BCUT2D eigenvalue weighted by molar-refractivity contribution is 6.31. The summed E-state index contributed by atoms with van der Waals surface area (Å²) in [5, 5.41) is 12.2. The fourth-order valence-electron chi connectivity index (χ4n) is 1.51. The molecule has 4 nitrogen and oxygen atoms in total. The van der Waals surface area contributed by atoms with Crippen LogP contribution in [0.1, 0.15) is 17.5 Å². The molecule has 1 rings (SSSR count). The van der Waals surface area contributed by atoms with Crippen LogP contribution in [0.3, 0.4) is 0 Å². The standard InChI is InChI=1S/C12H18ClN3O/c1-9-3-4-10(11(13)7-9)8-16(2)6-5-12(14)15-17/h3-4,7,17H,5-6,8H2,1-2H3,(H2,14,15). The van der Waals surface area contributed by atoms with E-state index in [-0.39, 0.29) is 5.84 Å². The van der Waals surface area contributed by atoms with Gasteiger partial charge in [0.05, 0.1) is 0 Å². The van der Waals surface area contributed by atoms with Gasteiger partial charge in [-0.15, -0.1) is 0 Å². The van der Waals surface area contributed by atoms with Gasteiger partial charge in [-0.05, 0) is 31.2 Å². The second kappa shape index (κ2) is 6.47. The van der Waals surface area contributed by atoms with Crippen LogP contribution in [-0.4, -0.2) is 29.5 Å². The summed E-state index contributed by atoms with van der Waals surface area (Å²) in [7, 11) is 1.97. The van der Waals surface area contributed by atoms with Crippen LogP contribution in [0.25, 0.3) is 0 Å². The van der Waals surface area contributed by atoms with Crippen molar-refractivity contribution in [3.8, 4) is 0 Å². The third kappa shape index (κ3) is 4.63. The Morgan fingerprint density at radius 1 is 1.53 bits per heavy atom. The number of hydrogen-bond acceptors (Lipinski definition) is 3. The lowest BCUT2D eigenvalue weighted by Crippen LogP contribution is -2.24. The van der Waals surface area contributed by atoms with Gasteiger partial charge in [0.15, 0.2) is 0 Å². The molecule has 17 heavy (non-hydrogen) atoms. The molecule has 0 saturated carbocycles. The minimum Gasteiger partial charge on any atom is -0.409 e. The number of oxime groups is 1. The van der Waals surface area contributed by atoms with Crippen molar-refractivity contribution in [1.29, 1.82) is 0 Å². The summed E-state index contributed by atoms with van der Waals surface area (Å²) >= 11 is 6.15. The average Bonchev–Trinajstić information content (AvgIpc) is 2.29. The van der Waals surface area contributed by atoms with Crippen LogP contribution in [0.2, 0.25) is 5.02 Å². The van der Waals surface area contributed by atoms with Crippen LogP contribution in [0.4, 0.5) is 0 Å². The number of amidine groups is 1. The zero-order valence-corrected chi connectivity index (χ0v) is 10.9. The monoisotopic (exact) mass is 255 g/mol. The van der Waals surface area contributed by atoms with E-state index in [0.29, 0.717) is 6.42 Å². The van der Waals surface area contributed by atoms with Gasteiger partial charge in [0, 0.05) is 24.5 Å². The zero-order chi connectivity index (χ0) is 12.8. The molecule has 0 aliphatic rings. The van der Waals surface area contributed by atoms with Gasteiger partial charge in [0.25, 0.3) is 0 Å². The van der Waals surface area contributed by atoms with E-state index >= 15 is 0 Å². The predicted molar refractivity (Wildman–Crippen MR) is 70.5 cm³/mol. The molecule has 0 bridgehead atoms. The van der Waals surface area contributed by atoms with E-state index < -0.39 is 0 Å². The first-order valence-corrected chi connectivity index (χ1v) is 5.80. The van der Waals surface area contributed by atoms with Gasteiger partial charge in [-0.3, -0.25) is 0 Å². The quantitative estimate of drug-likeness (QED) is 0.367. The van der Waals surface area contributed by atoms with Crippen LogP contribution < -0.4 is 5.73 Å². The smallest absolute Gasteiger partial charge is 0.140 e. The summed E-state index contributed by atoms with van der Waals surface area (Å²) in [5.41, 5.74) is 7.65. The maximum Gasteiger partial charge on any atom is 0.140 e. The lowest BCUT2D eigenvalue weighted by molar-refractivity contribution is 0.309. The van der Waals surface area contributed by atoms with Crippen molar-refractivity contribution >= 4 is 17.4 Å². The molecule has 0 unspecified atom stereocenters. The topological polar surface area (TPSA) is 61.8 Å². The Bertz CT molecular complexity index is 407. The first kappa shape index (κ1) is 13.8. The zero-order valence-electron chi connectivity index (χ0n) is 10.2. The highest BCUT2D eigenvalue weighted by atomic mass is 35.5. The van der Waals surface area contributed by atoms with E-state index in [1.807, 2.05) is 32.2 Å². The molecule has 0 atom stereocenters. The summed E-state index contributed by atoms with van der Waals surface area (Å²) in [6.07, 6.45) is 0.538. The molecular formula is C12H18ClN3O. The Morgan fingerprint density at radius 2 is 2.24 bits per heavy atom. The minimum absolute atomic E-state index is 0.242. The van der Waals surface area contributed by atoms with Crippen molar-refractivity contribution < 1.29 is 5.21 Å². The molecule has 0 aliphatic heterocycles. The molecule has 0 aliphatic carbocycles. The van der Waals surface area contributed by atoms with Crippen LogP contribution in [-0.2, 0) is 6.54 Å². The molecule has 0 heterocycles. The van der Waals surface area contributed by atoms with Crippen molar-refractivity contribution in [2.45, 2.75) is 19.9 Å². The van der Waals surface area contributed by atoms with Gasteiger partial charge in [-0.25, -0.2) is 0 Å². The number of benzene rings is 1. The molecule has 0 amide bonds. The fourth-order valence-corrected chi connectivity index (χ4v) is 1.80. The number of rotatable bonds is 5. The molecule has 0 aromatic heterocycles. The van der Waals surface area contributed by atoms with Crippen molar-refractivity contribution in [2.24, 2.45) is 10.9 Å². The third-order valence-corrected chi connectivity index (χ3v) is 2.88. The van der Waals surface area contributed by atoms with E-state index in [9.17, 15) is 0 Å². The Morgan fingerprint density at radius 3 is 2.82 bits per heavy atom. The van der Waals surface area contributed by atoms with Crippen molar-refractivity contribution in [3.05, 3.63) is 34.3 Å². The number of aryl methyl sites for hydroxylation is 1. The lowest BCUT2D eigenvalue weighted by Gasteiger charge is -2.17. The van der Waals surface area contributed by atoms with Gasteiger partial charge < -0.3 is 15.8 Å². The second-order valence-corrected chi connectivity index (χ2v) is 4.58. The van der Waals surface area contributed by atoms with Crippen LogP contribution >= 0.6 is 11.6 Å². The van der Waals surface area contributed by atoms with E-state index in [0.717, 1.165) is 29.2 Å². The van der Waals surface area contributed by atoms with Crippen LogP contribution in [0.5, 0.6) is 0 Å². The van der Waals surface area contributed by atoms with E-state index in [4.69, 9.17) is 22.5 Å². The molecule has 1 aromatic carbocycles. The molecule has 3 N–H and O–H groups in total. The Balaban J connectivity index is 2.53. The second-order valence-electron chi connectivity index (χ2n) is 4.17. The van der Waals surface area contributed by atoms with Gasteiger partial charge in [0.2, 0.25) is 0 Å². The van der Waals surface area contributed by atoms with Crippen LogP contribution in [0, 0.1) is 6.92 Å². The average molecular weight is 256 g/mol. The third-order valence-electron chi connectivity index (χ3n) is 2.53. The van der Waals surface area contributed by atoms with Gasteiger partial charge in [-0.1, -0.05) is 28.9 Å². The number of nitrogens with two attached hydrogens (primary N) is 1. The summed E-state index contributed by atoms with van der Waals surface area (Å²) in [6, 6.07) is 6.02. The van der Waals surface area contributed by atoms with Crippen molar-refractivity contribution in [2.75, 3.05) is 13.6 Å². The summed E-state index contributed by atoms with van der Waals surface area (Å²) in [4.78, 5) is 2.08. The van der Waals surface area contributed by atoms with Gasteiger partial charge >= 0.3 is 0 Å². The lowest BCUT2D eigenvalue weighted by atomic mass is 10.1. The number of hydrogen-bond donors (Lipinski definition) is 2. The molecule has 94 valence electrons. The van der Waals surface area contributed by atoms with Gasteiger partial charge in [-0.2, -0.15) is 0 Å². The molecular weight excluding hydrogens is 238 g/mol. The molecule has 0 spiro atoms. The van der Waals surface area contributed by atoms with Crippen molar-refractivity contribution in [3.63, 3.8) is 0 Å². The van der Waals surface area contributed by atoms with Crippen molar-refractivity contribution in [1.82, 2.24) is 4.90 Å². The van der Waals surface area contributed by atoms with E-state index in [1.54, 1.807) is 0 Å². The Hall–Kier alpha value is -1.26. The highest BCUT2D eigenvalue weighted by Crippen LogP contribution is 2.18. The van der Waals surface area contributed by atoms with E-state index in [1.165, 1.54) is 0 Å². The SMILES string of the molecule is Cc1ccc(CN(C)CC/C(N)=N/O)c(Cl)c1. The largest absolute Gasteiger partial charge is 0.409 e. The molecule has 0 fully saturated rings. The minimum atomic E-state index is 0.242. The molecule has 0 radical (unpaired) electrons. The Kier molecular flexibility index (Phi) is 5.25. The molecule has 1 aromatic rings.